The minimum atomic E-state index is -4.35. The highest BCUT2D eigenvalue weighted by atomic mass is 127. The smallest absolute Gasteiger partial charge is 0.357 e. The molecule has 0 atom stereocenters. The highest BCUT2D eigenvalue weighted by Gasteiger charge is 2.30. The normalized spacial score (nSPS) is 11.8. The van der Waals surface area contributed by atoms with Crippen molar-refractivity contribution in [1.29, 1.82) is 0 Å². The maximum atomic E-state index is 12.8. The van der Waals surface area contributed by atoms with E-state index in [2.05, 4.69) is 25.8 Å². The van der Waals surface area contributed by atoms with Gasteiger partial charge in [0.1, 0.15) is 6.33 Å². The van der Waals surface area contributed by atoms with Crippen molar-refractivity contribution >= 4 is 29.9 Å². The van der Waals surface area contributed by atoms with Crippen LogP contribution in [0.4, 0.5) is 13.2 Å². The van der Waals surface area contributed by atoms with E-state index >= 15 is 0 Å². The van der Waals surface area contributed by atoms with Crippen LogP contribution in [0.2, 0.25) is 0 Å². The van der Waals surface area contributed by atoms with Crippen LogP contribution in [-0.4, -0.2) is 27.3 Å². The molecule has 0 bridgehead atoms. The Morgan fingerprint density at radius 2 is 2.00 bits per heavy atom. The summed E-state index contributed by atoms with van der Waals surface area (Å²) in [7, 11) is 0. The minimum Gasteiger partial charge on any atom is -0.357 e. The number of halogens is 4. The predicted octanol–water partition coefficient (Wildman–Crippen LogP) is 3.19. The molecule has 2 N–H and O–H groups in total. The second-order valence-electron chi connectivity index (χ2n) is 5.28. The highest BCUT2D eigenvalue weighted by molar-refractivity contribution is 14.0. The van der Waals surface area contributed by atoms with Crippen molar-refractivity contribution in [1.82, 2.24) is 25.4 Å². The Morgan fingerprint density at radius 1 is 1.23 bits per heavy atom. The van der Waals surface area contributed by atoms with Crippen molar-refractivity contribution < 1.29 is 13.2 Å². The first kappa shape index (κ1) is 22.2. The predicted molar refractivity (Wildman–Crippen MR) is 104 cm³/mol. The van der Waals surface area contributed by atoms with Gasteiger partial charge in [0.25, 0.3) is 0 Å². The molecule has 0 radical (unpaired) electrons. The summed E-state index contributed by atoms with van der Waals surface area (Å²) in [5.74, 6) is 1.26. The average Bonchev–Trinajstić information content (AvgIpc) is 3.04. The molecule has 0 amide bonds. The number of hydrogen-bond donors (Lipinski definition) is 2. The molecule has 1 aromatic heterocycles. The third-order valence-corrected chi connectivity index (χ3v) is 3.47. The van der Waals surface area contributed by atoms with Gasteiger partial charge < -0.3 is 15.2 Å². The van der Waals surface area contributed by atoms with Crippen LogP contribution in [0.25, 0.3) is 0 Å². The lowest BCUT2D eigenvalue weighted by atomic mass is 10.1. The molecule has 0 saturated heterocycles. The molecular weight excluding hydrogens is 460 g/mol. The monoisotopic (exact) mass is 482 g/mol. The van der Waals surface area contributed by atoms with E-state index in [9.17, 15) is 13.2 Å². The molecule has 2 rings (SSSR count). The van der Waals surface area contributed by atoms with Crippen LogP contribution in [0, 0.1) is 0 Å². The summed E-state index contributed by atoms with van der Waals surface area (Å²) in [6.07, 6.45) is -2.71. The summed E-state index contributed by atoms with van der Waals surface area (Å²) >= 11 is 0. The Hall–Kier alpha value is -1.85. The molecule has 2 aromatic rings. The second-order valence-corrected chi connectivity index (χ2v) is 5.28. The van der Waals surface area contributed by atoms with Crippen LogP contribution in [0.3, 0.4) is 0 Å². The first-order valence-electron chi connectivity index (χ1n) is 7.99. The molecule has 0 aliphatic carbocycles. The Kier molecular flexibility index (Phi) is 8.82. The lowest BCUT2D eigenvalue weighted by Gasteiger charge is -2.12. The maximum absolute atomic E-state index is 12.8. The number of nitrogens with one attached hydrogen (secondary N) is 2. The summed E-state index contributed by atoms with van der Waals surface area (Å²) in [5, 5.41) is 14.0. The molecule has 0 spiro atoms. The summed E-state index contributed by atoms with van der Waals surface area (Å²) < 4.78 is 40.2. The minimum absolute atomic E-state index is 0. The second kappa shape index (κ2) is 10.3. The molecule has 1 aromatic carbocycles. The molecule has 0 fully saturated rings. The van der Waals surface area contributed by atoms with Crippen LogP contribution in [0.15, 0.2) is 35.6 Å². The SMILES string of the molecule is CCNC(=NCc1cccc(C(F)(F)F)c1)NCc1nncn1CC.I. The van der Waals surface area contributed by atoms with E-state index in [-0.39, 0.29) is 30.5 Å². The first-order chi connectivity index (χ1) is 11.9. The van der Waals surface area contributed by atoms with Crippen LogP contribution >= 0.6 is 24.0 Å². The highest BCUT2D eigenvalue weighted by Crippen LogP contribution is 2.29. The number of alkyl halides is 3. The Balaban J connectivity index is 0.00000338. The van der Waals surface area contributed by atoms with Gasteiger partial charge in [-0.2, -0.15) is 13.2 Å². The van der Waals surface area contributed by atoms with E-state index in [1.165, 1.54) is 6.07 Å². The van der Waals surface area contributed by atoms with Gasteiger partial charge in [-0.15, -0.1) is 34.2 Å². The fourth-order valence-electron chi connectivity index (χ4n) is 2.20. The van der Waals surface area contributed by atoms with Crippen molar-refractivity contribution in [3.05, 3.63) is 47.5 Å². The number of rotatable bonds is 6. The maximum Gasteiger partial charge on any atom is 0.416 e. The number of aromatic nitrogens is 3. The molecule has 0 aliphatic heterocycles. The van der Waals surface area contributed by atoms with Gasteiger partial charge in [-0.3, -0.25) is 0 Å². The molecule has 0 aliphatic rings. The van der Waals surface area contributed by atoms with Gasteiger partial charge in [0.2, 0.25) is 0 Å². The van der Waals surface area contributed by atoms with Gasteiger partial charge >= 0.3 is 6.18 Å². The number of benzene rings is 1. The number of aliphatic imine (C=N–C) groups is 1. The van der Waals surface area contributed by atoms with Gasteiger partial charge in [0.15, 0.2) is 11.8 Å². The van der Waals surface area contributed by atoms with Crippen molar-refractivity contribution in [3.8, 4) is 0 Å². The average molecular weight is 482 g/mol. The molecule has 0 saturated carbocycles. The van der Waals surface area contributed by atoms with Gasteiger partial charge in [-0.05, 0) is 31.5 Å². The summed E-state index contributed by atoms with van der Waals surface area (Å²) in [6.45, 7) is 5.84. The molecule has 6 nitrogen and oxygen atoms in total. The Labute approximate surface area is 167 Å². The van der Waals surface area contributed by atoms with E-state index in [0.717, 1.165) is 24.5 Å². The molecule has 0 unspecified atom stereocenters. The Morgan fingerprint density at radius 3 is 2.65 bits per heavy atom. The van der Waals surface area contributed by atoms with E-state index in [0.29, 0.717) is 24.6 Å². The van der Waals surface area contributed by atoms with Crippen LogP contribution in [0.5, 0.6) is 0 Å². The van der Waals surface area contributed by atoms with Crippen molar-refractivity contribution in [2.24, 2.45) is 4.99 Å². The van der Waals surface area contributed by atoms with Crippen molar-refractivity contribution in [2.45, 2.75) is 39.7 Å². The number of guanidine groups is 1. The summed E-state index contributed by atoms with van der Waals surface area (Å²) in [4.78, 5) is 4.33. The lowest BCUT2D eigenvalue weighted by molar-refractivity contribution is -0.137. The molecular formula is C16H22F3IN6. The van der Waals surface area contributed by atoms with Crippen LogP contribution in [-0.2, 0) is 25.8 Å². The zero-order valence-corrected chi connectivity index (χ0v) is 16.9. The topological polar surface area (TPSA) is 67.1 Å². The number of nitrogens with zero attached hydrogens (tertiary/aromatic N) is 4. The molecule has 144 valence electrons. The fraction of sp³-hybridized carbons (Fsp3) is 0.438. The third-order valence-electron chi connectivity index (χ3n) is 3.47. The van der Waals surface area contributed by atoms with Crippen LogP contribution in [0.1, 0.15) is 30.8 Å². The van der Waals surface area contributed by atoms with Crippen molar-refractivity contribution in [2.75, 3.05) is 6.54 Å². The van der Waals surface area contributed by atoms with E-state index < -0.39 is 11.7 Å². The van der Waals surface area contributed by atoms with Crippen molar-refractivity contribution in [3.63, 3.8) is 0 Å². The molecule has 1 heterocycles. The van der Waals surface area contributed by atoms with Gasteiger partial charge in [-0.1, -0.05) is 12.1 Å². The van der Waals surface area contributed by atoms with Crippen LogP contribution < -0.4 is 10.6 Å². The fourth-order valence-corrected chi connectivity index (χ4v) is 2.20. The Bertz CT molecular complexity index is 714. The summed E-state index contributed by atoms with van der Waals surface area (Å²) in [6, 6.07) is 5.17. The summed E-state index contributed by atoms with van der Waals surface area (Å²) in [5.41, 5.74) is -0.182. The zero-order chi connectivity index (χ0) is 18.3. The standard InChI is InChI=1S/C16H21F3N6.HI/c1-3-20-15(22-10-14-24-23-11-25(14)4-2)21-9-12-6-5-7-13(8-12)16(17,18)19;/h5-8,11H,3-4,9-10H2,1-2H3,(H2,20,21,22);1H. The zero-order valence-electron chi connectivity index (χ0n) is 14.5. The first-order valence-corrected chi connectivity index (χ1v) is 7.99. The molecule has 26 heavy (non-hydrogen) atoms. The van der Waals surface area contributed by atoms with E-state index in [1.807, 2.05) is 18.4 Å². The number of aryl methyl sites for hydroxylation is 1. The lowest BCUT2D eigenvalue weighted by Crippen LogP contribution is -2.37. The van der Waals surface area contributed by atoms with Gasteiger partial charge in [0, 0.05) is 13.1 Å². The number of hydrogen-bond acceptors (Lipinski definition) is 3. The van der Waals surface area contributed by atoms with Gasteiger partial charge in [-0.25, -0.2) is 4.99 Å². The van der Waals surface area contributed by atoms with E-state index in [1.54, 1.807) is 12.4 Å². The van der Waals surface area contributed by atoms with E-state index in [4.69, 9.17) is 0 Å². The quantitative estimate of drug-likeness (QED) is 0.377. The third kappa shape index (κ3) is 6.46. The van der Waals surface area contributed by atoms with Gasteiger partial charge in [0.05, 0.1) is 18.7 Å². The molecule has 10 heteroatoms. The largest absolute Gasteiger partial charge is 0.416 e.